The highest BCUT2D eigenvalue weighted by Crippen LogP contribution is 2.31. The van der Waals surface area contributed by atoms with E-state index < -0.39 is 5.83 Å². The number of aliphatic imine (C=N–C) groups is 2. The standard InChI is InChI=1S/C21H29BrCl2FN3O/c1-9-28(8)19(21(24)26-7)16(6)27-12-14(4)17(10-11-23)20(29-13(2)3)18(22)15(5)25/h9-14H,1H2,2-8H3/b11-10+,18-15-,19-16-,20-17-,26-21+,27-12+. The molecule has 0 amide bonds. The highest BCUT2D eigenvalue weighted by atomic mass is 79.9. The topological polar surface area (TPSA) is 37.2 Å². The van der Waals surface area contributed by atoms with E-state index in [0.29, 0.717) is 27.9 Å². The molecule has 29 heavy (non-hydrogen) atoms. The molecule has 0 radical (unpaired) electrons. The van der Waals surface area contributed by atoms with Crippen LogP contribution >= 0.6 is 39.1 Å². The van der Waals surface area contributed by atoms with Crippen LogP contribution in [0.15, 0.2) is 67.4 Å². The van der Waals surface area contributed by atoms with E-state index in [1.807, 2.05) is 27.7 Å². The van der Waals surface area contributed by atoms with E-state index in [2.05, 4.69) is 32.5 Å². The molecular weight excluding hydrogens is 480 g/mol. The summed E-state index contributed by atoms with van der Waals surface area (Å²) in [6, 6.07) is 0. The Morgan fingerprint density at radius 3 is 2.28 bits per heavy atom. The molecule has 0 N–H and O–H groups in total. The average Bonchev–Trinajstić information content (AvgIpc) is 2.67. The summed E-state index contributed by atoms with van der Waals surface area (Å²) in [5.41, 5.74) is 3.30. The molecule has 0 aromatic rings. The van der Waals surface area contributed by atoms with Crippen molar-refractivity contribution in [1.82, 2.24) is 4.90 Å². The molecule has 0 aliphatic rings. The third-order valence-corrected chi connectivity index (χ3v) is 5.08. The van der Waals surface area contributed by atoms with Gasteiger partial charge in [-0.3, -0.25) is 9.98 Å². The maximum Gasteiger partial charge on any atom is 0.149 e. The number of allylic oxidation sites excluding steroid dienone is 6. The molecule has 0 aliphatic heterocycles. The summed E-state index contributed by atoms with van der Waals surface area (Å²) in [7, 11) is 3.41. The Labute approximate surface area is 192 Å². The molecule has 0 rings (SSSR count). The van der Waals surface area contributed by atoms with Crippen molar-refractivity contribution in [3.05, 3.63) is 57.4 Å². The molecule has 1 unspecified atom stereocenters. The van der Waals surface area contributed by atoms with E-state index in [4.69, 9.17) is 27.9 Å². The van der Waals surface area contributed by atoms with Gasteiger partial charge in [0.2, 0.25) is 0 Å². The Morgan fingerprint density at radius 2 is 1.86 bits per heavy atom. The van der Waals surface area contributed by atoms with Crippen molar-refractivity contribution in [3.63, 3.8) is 0 Å². The number of hydrogen-bond acceptors (Lipinski definition) is 4. The van der Waals surface area contributed by atoms with Crippen LogP contribution in [0, 0.1) is 5.92 Å². The molecule has 0 bridgehead atoms. The Hall–Kier alpha value is -1.37. The first-order valence-electron chi connectivity index (χ1n) is 8.94. The van der Waals surface area contributed by atoms with E-state index >= 15 is 0 Å². The number of halogens is 4. The van der Waals surface area contributed by atoms with Crippen LogP contribution < -0.4 is 0 Å². The smallest absolute Gasteiger partial charge is 0.149 e. The van der Waals surface area contributed by atoms with Gasteiger partial charge in [-0.15, -0.1) is 0 Å². The summed E-state index contributed by atoms with van der Waals surface area (Å²) in [5, 5.41) is 0.314. The molecule has 0 saturated carbocycles. The zero-order chi connectivity index (χ0) is 22.7. The van der Waals surface area contributed by atoms with Crippen LogP contribution in [0.25, 0.3) is 0 Å². The Bertz CT molecular complexity index is 764. The molecule has 0 spiro atoms. The van der Waals surface area contributed by atoms with Gasteiger partial charge in [0.1, 0.15) is 16.8 Å². The summed E-state index contributed by atoms with van der Waals surface area (Å²) >= 11 is 15.3. The molecule has 0 aromatic carbocycles. The van der Waals surface area contributed by atoms with E-state index in [-0.39, 0.29) is 16.5 Å². The van der Waals surface area contributed by atoms with Crippen LogP contribution in [0.1, 0.15) is 34.6 Å². The SMILES string of the molecule is C=CN(C)C(=C(C)\N=C\C(C)C(/C=C/Cl)=C(OC(C)C)/C(Br)=C(\C)F)/C(Cl)=N\C. The van der Waals surface area contributed by atoms with Crippen molar-refractivity contribution in [2.45, 2.75) is 40.7 Å². The average molecular weight is 509 g/mol. The quantitative estimate of drug-likeness (QED) is 0.176. The Morgan fingerprint density at radius 1 is 1.28 bits per heavy atom. The van der Waals surface area contributed by atoms with Crippen LogP contribution in [0.5, 0.6) is 0 Å². The first kappa shape index (κ1) is 27.6. The van der Waals surface area contributed by atoms with Crippen LogP contribution in [0.4, 0.5) is 4.39 Å². The fraction of sp³-hybridized carbons (Fsp3) is 0.429. The predicted octanol–water partition coefficient (Wildman–Crippen LogP) is 7.29. The molecular formula is C21H29BrCl2FN3O. The van der Waals surface area contributed by atoms with Gasteiger partial charge in [-0.2, -0.15) is 0 Å². The van der Waals surface area contributed by atoms with Gasteiger partial charge in [0.15, 0.2) is 0 Å². The van der Waals surface area contributed by atoms with E-state index in [9.17, 15) is 4.39 Å². The van der Waals surface area contributed by atoms with Gasteiger partial charge in [0, 0.05) is 37.3 Å². The highest BCUT2D eigenvalue weighted by molar-refractivity contribution is 9.12. The third kappa shape index (κ3) is 8.89. The summed E-state index contributed by atoms with van der Waals surface area (Å²) in [6.07, 6.45) is 4.84. The van der Waals surface area contributed by atoms with Crippen LogP contribution in [0.3, 0.4) is 0 Å². The van der Waals surface area contributed by atoms with Gasteiger partial charge in [0.25, 0.3) is 0 Å². The molecule has 8 heteroatoms. The zero-order valence-electron chi connectivity index (χ0n) is 17.9. The molecule has 1 atom stereocenters. The summed E-state index contributed by atoms with van der Waals surface area (Å²) in [4.78, 5) is 10.3. The number of nitrogens with zero attached hydrogens (tertiary/aromatic N) is 3. The van der Waals surface area contributed by atoms with Crippen LogP contribution in [-0.2, 0) is 4.74 Å². The normalized spacial score (nSPS) is 16.6. The van der Waals surface area contributed by atoms with Gasteiger partial charge in [-0.1, -0.05) is 36.7 Å². The lowest BCUT2D eigenvalue weighted by Crippen LogP contribution is -2.17. The minimum atomic E-state index is -0.401. The van der Waals surface area contributed by atoms with Crippen molar-refractivity contribution < 1.29 is 9.13 Å². The van der Waals surface area contributed by atoms with Gasteiger partial charge in [-0.05, 0) is 55.9 Å². The summed E-state index contributed by atoms with van der Waals surface area (Å²) < 4.78 is 20.0. The first-order chi connectivity index (χ1) is 13.5. The predicted molar refractivity (Wildman–Crippen MR) is 129 cm³/mol. The fourth-order valence-corrected chi connectivity index (χ4v) is 2.98. The maximum atomic E-state index is 13.9. The first-order valence-corrected chi connectivity index (χ1v) is 10.5. The summed E-state index contributed by atoms with van der Waals surface area (Å²) in [6.45, 7) is 12.6. The second-order valence-electron chi connectivity index (χ2n) is 6.40. The Kier molecular flexibility index (Phi) is 13.1. The molecule has 0 heterocycles. The van der Waals surface area contributed by atoms with Crippen molar-refractivity contribution in [2.24, 2.45) is 15.9 Å². The molecule has 0 aliphatic carbocycles. The molecule has 0 fully saturated rings. The van der Waals surface area contributed by atoms with Gasteiger partial charge in [0.05, 0.1) is 22.0 Å². The monoisotopic (exact) mass is 507 g/mol. The molecule has 0 saturated heterocycles. The number of ether oxygens (including phenoxy) is 1. The third-order valence-electron chi connectivity index (χ3n) is 3.70. The number of hydrogen-bond donors (Lipinski definition) is 0. The second kappa shape index (κ2) is 13.8. The van der Waals surface area contributed by atoms with Crippen molar-refractivity contribution >= 4 is 50.5 Å². The molecule has 162 valence electrons. The van der Waals surface area contributed by atoms with E-state index in [0.717, 1.165) is 0 Å². The van der Waals surface area contributed by atoms with Crippen molar-refractivity contribution in [1.29, 1.82) is 0 Å². The molecule has 4 nitrogen and oxygen atoms in total. The Balaban J connectivity index is 6.40. The minimum absolute atomic E-state index is 0.159. The van der Waals surface area contributed by atoms with Crippen molar-refractivity contribution in [3.8, 4) is 0 Å². The van der Waals surface area contributed by atoms with Crippen molar-refractivity contribution in [2.75, 3.05) is 14.1 Å². The lowest BCUT2D eigenvalue weighted by atomic mass is 10.0. The largest absolute Gasteiger partial charge is 0.489 e. The summed E-state index contributed by atoms with van der Waals surface area (Å²) in [5.74, 6) is -0.274. The zero-order valence-corrected chi connectivity index (χ0v) is 21.0. The lowest BCUT2D eigenvalue weighted by molar-refractivity contribution is 0.153. The van der Waals surface area contributed by atoms with Gasteiger partial charge < -0.3 is 9.64 Å². The van der Waals surface area contributed by atoms with Gasteiger partial charge >= 0.3 is 0 Å². The van der Waals surface area contributed by atoms with E-state index in [1.165, 1.54) is 12.5 Å². The molecule has 0 aromatic heterocycles. The lowest BCUT2D eigenvalue weighted by Gasteiger charge is -2.20. The highest BCUT2D eigenvalue weighted by Gasteiger charge is 2.19. The van der Waals surface area contributed by atoms with Crippen LogP contribution in [0.2, 0.25) is 0 Å². The fourth-order valence-electron chi connectivity index (χ4n) is 2.25. The maximum absolute atomic E-state index is 13.9. The van der Waals surface area contributed by atoms with Gasteiger partial charge in [-0.25, -0.2) is 4.39 Å². The second-order valence-corrected chi connectivity index (χ2v) is 7.80. The van der Waals surface area contributed by atoms with E-state index in [1.54, 1.807) is 37.5 Å². The minimum Gasteiger partial charge on any atom is -0.489 e. The van der Waals surface area contributed by atoms with Crippen LogP contribution in [-0.4, -0.2) is 36.5 Å². The number of rotatable bonds is 10.